The number of halogens is 1. The molecule has 0 aromatic heterocycles. The number of ether oxygens (including phenoxy) is 1. The number of carbonyl (C=O) groups is 2. The fourth-order valence-electron chi connectivity index (χ4n) is 2.92. The van der Waals surface area contributed by atoms with Crippen LogP contribution < -0.4 is 0 Å². The van der Waals surface area contributed by atoms with Crippen LogP contribution in [0.1, 0.15) is 29.6 Å². The van der Waals surface area contributed by atoms with Gasteiger partial charge in [0.25, 0.3) is 0 Å². The number of rotatable bonds is 2. The van der Waals surface area contributed by atoms with Gasteiger partial charge in [0, 0.05) is 23.3 Å². The van der Waals surface area contributed by atoms with Gasteiger partial charge in [0.2, 0.25) is 0 Å². The smallest absolute Gasteiger partial charge is 0.338 e. The molecule has 3 atom stereocenters. The first-order chi connectivity index (χ1) is 8.63. The van der Waals surface area contributed by atoms with E-state index in [9.17, 15) is 9.59 Å². The number of ketones is 1. The molecule has 94 valence electrons. The molecule has 2 saturated carbocycles. The molecule has 2 bridgehead atoms. The molecule has 3 unspecified atom stereocenters. The van der Waals surface area contributed by atoms with Crippen molar-refractivity contribution in [2.24, 2.45) is 11.8 Å². The Kier molecular flexibility index (Phi) is 2.86. The standard InChI is InChI=1S/C14H13ClO3/c15-11-3-1-8(2-4-11)14(17)18-13-7-9-5-10(13)6-12(9)16/h1-4,9-10,13H,5-7H2. The van der Waals surface area contributed by atoms with Gasteiger partial charge in [-0.05, 0) is 37.1 Å². The van der Waals surface area contributed by atoms with Crippen molar-refractivity contribution in [1.82, 2.24) is 0 Å². The molecule has 0 heterocycles. The summed E-state index contributed by atoms with van der Waals surface area (Å²) in [4.78, 5) is 23.3. The number of fused-ring (bicyclic) bond motifs is 2. The maximum absolute atomic E-state index is 11.9. The number of carbonyl (C=O) groups excluding carboxylic acids is 2. The van der Waals surface area contributed by atoms with E-state index in [4.69, 9.17) is 16.3 Å². The molecule has 3 rings (SSSR count). The molecule has 0 saturated heterocycles. The Labute approximate surface area is 110 Å². The van der Waals surface area contributed by atoms with Gasteiger partial charge in [-0.25, -0.2) is 4.79 Å². The quantitative estimate of drug-likeness (QED) is 0.772. The van der Waals surface area contributed by atoms with Crippen LogP contribution in [-0.2, 0) is 9.53 Å². The highest BCUT2D eigenvalue weighted by molar-refractivity contribution is 6.30. The SMILES string of the molecule is O=C(OC1CC2CC1CC2=O)c1ccc(Cl)cc1. The number of hydrogen-bond acceptors (Lipinski definition) is 3. The lowest BCUT2D eigenvalue weighted by atomic mass is 9.96. The Bertz CT molecular complexity index is 494. The lowest BCUT2D eigenvalue weighted by molar-refractivity contribution is -0.123. The maximum atomic E-state index is 11.9. The van der Waals surface area contributed by atoms with E-state index in [1.807, 2.05) is 0 Å². The average molecular weight is 265 g/mol. The molecule has 0 radical (unpaired) electrons. The van der Waals surface area contributed by atoms with Crippen LogP contribution in [0.2, 0.25) is 5.02 Å². The fraction of sp³-hybridized carbons (Fsp3) is 0.429. The number of esters is 1. The third kappa shape index (κ3) is 2.03. The predicted molar refractivity (Wildman–Crippen MR) is 66.5 cm³/mol. The molecule has 0 aliphatic heterocycles. The van der Waals surface area contributed by atoms with Gasteiger partial charge in [-0.3, -0.25) is 4.79 Å². The minimum Gasteiger partial charge on any atom is -0.458 e. The van der Waals surface area contributed by atoms with Crippen LogP contribution in [0.3, 0.4) is 0 Å². The molecule has 2 aliphatic carbocycles. The molecular weight excluding hydrogens is 252 g/mol. The van der Waals surface area contributed by atoms with Crippen LogP contribution >= 0.6 is 11.6 Å². The minimum atomic E-state index is -0.323. The summed E-state index contributed by atoms with van der Waals surface area (Å²) in [6, 6.07) is 6.65. The zero-order valence-electron chi connectivity index (χ0n) is 9.77. The molecule has 2 fully saturated rings. The van der Waals surface area contributed by atoms with Crippen molar-refractivity contribution in [3.05, 3.63) is 34.9 Å². The highest BCUT2D eigenvalue weighted by Gasteiger charge is 2.46. The first-order valence-electron chi connectivity index (χ1n) is 6.13. The van der Waals surface area contributed by atoms with Crippen molar-refractivity contribution in [1.29, 1.82) is 0 Å². The van der Waals surface area contributed by atoms with Gasteiger partial charge in [-0.15, -0.1) is 0 Å². The summed E-state index contributed by atoms with van der Waals surface area (Å²) in [6.07, 6.45) is 2.07. The highest BCUT2D eigenvalue weighted by Crippen LogP contribution is 2.43. The maximum Gasteiger partial charge on any atom is 0.338 e. The van der Waals surface area contributed by atoms with Gasteiger partial charge in [-0.2, -0.15) is 0 Å². The minimum absolute atomic E-state index is 0.0871. The Balaban J connectivity index is 1.66. The lowest BCUT2D eigenvalue weighted by Crippen LogP contribution is -2.27. The second-order valence-electron chi connectivity index (χ2n) is 5.05. The molecule has 2 aliphatic rings. The van der Waals surface area contributed by atoms with Crippen LogP contribution in [0.25, 0.3) is 0 Å². The molecule has 0 N–H and O–H groups in total. The van der Waals surface area contributed by atoms with Crippen LogP contribution in [0, 0.1) is 11.8 Å². The van der Waals surface area contributed by atoms with E-state index in [1.54, 1.807) is 24.3 Å². The van der Waals surface area contributed by atoms with Crippen molar-refractivity contribution in [2.75, 3.05) is 0 Å². The lowest BCUT2D eigenvalue weighted by Gasteiger charge is -2.21. The number of benzene rings is 1. The highest BCUT2D eigenvalue weighted by atomic mass is 35.5. The Morgan fingerprint density at radius 3 is 2.50 bits per heavy atom. The summed E-state index contributed by atoms with van der Waals surface area (Å²) in [6.45, 7) is 0. The van der Waals surface area contributed by atoms with Crippen LogP contribution in [0.15, 0.2) is 24.3 Å². The van der Waals surface area contributed by atoms with E-state index in [0.29, 0.717) is 29.2 Å². The van der Waals surface area contributed by atoms with Crippen molar-refractivity contribution < 1.29 is 14.3 Å². The van der Waals surface area contributed by atoms with E-state index < -0.39 is 0 Å². The third-order valence-electron chi connectivity index (χ3n) is 3.89. The molecule has 1 aromatic rings. The Morgan fingerprint density at radius 1 is 1.22 bits per heavy atom. The van der Waals surface area contributed by atoms with Crippen LogP contribution in [0.4, 0.5) is 0 Å². The second kappa shape index (κ2) is 4.39. The summed E-state index contributed by atoms with van der Waals surface area (Å²) >= 11 is 5.76. The molecule has 0 amide bonds. The van der Waals surface area contributed by atoms with E-state index in [-0.39, 0.29) is 23.9 Å². The number of hydrogen-bond donors (Lipinski definition) is 0. The zero-order valence-corrected chi connectivity index (χ0v) is 10.5. The molecule has 3 nitrogen and oxygen atoms in total. The fourth-order valence-corrected chi connectivity index (χ4v) is 3.05. The van der Waals surface area contributed by atoms with Crippen molar-refractivity contribution in [3.8, 4) is 0 Å². The molecule has 4 heteroatoms. The summed E-state index contributed by atoms with van der Waals surface area (Å²) in [7, 11) is 0. The molecule has 0 spiro atoms. The van der Waals surface area contributed by atoms with E-state index in [1.165, 1.54) is 0 Å². The van der Waals surface area contributed by atoms with Gasteiger partial charge in [0.15, 0.2) is 0 Å². The van der Waals surface area contributed by atoms with Gasteiger partial charge < -0.3 is 4.74 Å². The second-order valence-corrected chi connectivity index (χ2v) is 5.49. The normalized spacial score (nSPS) is 29.6. The summed E-state index contributed by atoms with van der Waals surface area (Å²) in [5, 5.41) is 0.595. The number of Topliss-reactive ketones (excluding diaryl/α,β-unsaturated/α-hetero) is 1. The van der Waals surface area contributed by atoms with Crippen molar-refractivity contribution in [2.45, 2.75) is 25.4 Å². The van der Waals surface area contributed by atoms with E-state index in [2.05, 4.69) is 0 Å². The first kappa shape index (κ1) is 11.7. The summed E-state index contributed by atoms with van der Waals surface area (Å²) in [5.74, 6) is 0.368. The predicted octanol–water partition coefficient (Wildman–Crippen LogP) is 2.86. The monoisotopic (exact) mass is 264 g/mol. The van der Waals surface area contributed by atoms with Crippen molar-refractivity contribution in [3.63, 3.8) is 0 Å². The molecular formula is C14H13ClO3. The van der Waals surface area contributed by atoms with Gasteiger partial charge >= 0.3 is 5.97 Å². The van der Waals surface area contributed by atoms with Gasteiger partial charge in [-0.1, -0.05) is 11.6 Å². The molecule has 18 heavy (non-hydrogen) atoms. The third-order valence-corrected chi connectivity index (χ3v) is 4.14. The van der Waals surface area contributed by atoms with Crippen LogP contribution in [-0.4, -0.2) is 17.9 Å². The summed E-state index contributed by atoms with van der Waals surface area (Å²) in [5.41, 5.74) is 0.508. The topological polar surface area (TPSA) is 43.4 Å². The Hall–Kier alpha value is -1.35. The zero-order chi connectivity index (χ0) is 12.7. The average Bonchev–Trinajstić information content (AvgIpc) is 2.88. The van der Waals surface area contributed by atoms with E-state index in [0.717, 1.165) is 6.42 Å². The van der Waals surface area contributed by atoms with Crippen LogP contribution in [0.5, 0.6) is 0 Å². The Morgan fingerprint density at radius 2 is 1.94 bits per heavy atom. The largest absolute Gasteiger partial charge is 0.458 e. The summed E-state index contributed by atoms with van der Waals surface area (Å²) < 4.78 is 5.49. The van der Waals surface area contributed by atoms with Gasteiger partial charge in [0.05, 0.1) is 5.56 Å². The van der Waals surface area contributed by atoms with Crippen molar-refractivity contribution >= 4 is 23.4 Å². The molecule has 1 aromatic carbocycles. The van der Waals surface area contributed by atoms with E-state index >= 15 is 0 Å². The van der Waals surface area contributed by atoms with Gasteiger partial charge in [0.1, 0.15) is 11.9 Å². The first-order valence-corrected chi connectivity index (χ1v) is 6.50.